The highest BCUT2D eigenvalue weighted by Crippen LogP contribution is 2.42. The molecule has 1 aliphatic rings. The van der Waals surface area contributed by atoms with Gasteiger partial charge in [-0.25, -0.2) is 12.8 Å². The molecule has 10 nitrogen and oxygen atoms in total. The molecule has 1 amide bonds. The van der Waals surface area contributed by atoms with Crippen LogP contribution in [-0.2, 0) is 24.3 Å². The van der Waals surface area contributed by atoms with Gasteiger partial charge in [-0.2, -0.15) is 0 Å². The van der Waals surface area contributed by atoms with Crippen LogP contribution >= 0.6 is 0 Å². The van der Waals surface area contributed by atoms with E-state index in [1.54, 1.807) is 19.1 Å². The van der Waals surface area contributed by atoms with Crippen LogP contribution in [0.2, 0.25) is 0 Å². The zero-order chi connectivity index (χ0) is 29.4. The van der Waals surface area contributed by atoms with Crippen LogP contribution in [0.3, 0.4) is 0 Å². The second-order valence-corrected chi connectivity index (χ2v) is 11.9. The van der Waals surface area contributed by atoms with Crippen LogP contribution < -0.4 is 15.4 Å². The van der Waals surface area contributed by atoms with Crippen molar-refractivity contribution in [1.29, 1.82) is 0 Å². The summed E-state index contributed by atoms with van der Waals surface area (Å²) in [6.07, 6.45) is 0.345. The van der Waals surface area contributed by atoms with Crippen LogP contribution in [0.4, 0.5) is 10.1 Å². The molecule has 4 rings (SSSR count). The lowest BCUT2D eigenvalue weighted by molar-refractivity contribution is -0.151. The second-order valence-electron chi connectivity index (χ2n) is 10.0. The highest BCUT2D eigenvalue weighted by atomic mass is 32.2. The number of carbonyl (C=O) groups excluding carboxylic acids is 2. The molecule has 0 aliphatic carbocycles. The first-order valence-electron chi connectivity index (χ1n) is 13.0. The van der Waals surface area contributed by atoms with E-state index in [2.05, 4.69) is 5.32 Å². The lowest BCUT2D eigenvalue weighted by atomic mass is 10.0. The first kappa shape index (κ1) is 29.5. The number of carbonyl (C=O) groups is 2. The van der Waals surface area contributed by atoms with E-state index in [9.17, 15) is 22.4 Å². The van der Waals surface area contributed by atoms with E-state index in [1.807, 2.05) is 13.8 Å². The number of sulfonamides is 1. The number of nitrogens with zero attached hydrogens (tertiary/aromatic N) is 1. The van der Waals surface area contributed by atoms with Crippen molar-refractivity contribution in [2.45, 2.75) is 45.4 Å². The maximum Gasteiger partial charge on any atom is 0.323 e. The monoisotopic (exact) mass is 575 g/mol. The fourth-order valence-corrected chi connectivity index (χ4v) is 5.65. The Morgan fingerprint density at radius 3 is 2.52 bits per heavy atom. The number of ether oxygens (including phenoxy) is 2. The Hall–Kier alpha value is -3.48. The number of furan rings is 1. The molecule has 0 saturated carbocycles. The number of amides is 1. The van der Waals surface area contributed by atoms with Gasteiger partial charge >= 0.3 is 5.97 Å². The van der Waals surface area contributed by atoms with Crippen molar-refractivity contribution in [1.82, 2.24) is 5.32 Å². The summed E-state index contributed by atoms with van der Waals surface area (Å²) in [6, 6.07) is 7.93. The Labute approximate surface area is 232 Å². The van der Waals surface area contributed by atoms with Crippen LogP contribution in [0.1, 0.15) is 49.2 Å². The minimum atomic E-state index is -3.82. The number of hydrogen-bond donors (Lipinski definition) is 2. The molecule has 3 N–H and O–H groups in total. The number of fused-ring (bicyclic) bond motifs is 2. The highest BCUT2D eigenvalue weighted by molar-refractivity contribution is 7.92. The number of esters is 1. The summed E-state index contributed by atoms with van der Waals surface area (Å²) in [5, 5.41) is 3.04. The molecular weight excluding hydrogens is 541 g/mol. The smallest absolute Gasteiger partial charge is 0.323 e. The van der Waals surface area contributed by atoms with Crippen molar-refractivity contribution < 1.29 is 36.3 Å². The molecule has 2 aromatic carbocycles. The summed E-state index contributed by atoms with van der Waals surface area (Å²) in [5.74, 6) is -1.31. The van der Waals surface area contributed by atoms with Gasteiger partial charge in [0.05, 0.1) is 30.2 Å². The van der Waals surface area contributed by atoms with Crippen molar-refractivity contribution in [3.63, 3.8) is 0 Å². The summed E-state index contributed by atoms with van der Waals surface area (Å²) in [6.45, 7) is 5.20. The average Bonchev–Trinajstić information content (AvgIpc) is 3.23. The van der Waals surface area contributed by atoms with Gasteiger partial charge in [0.1, 0.15) is 35.9 Å². The number of rotatable bonds is 8. The third-order valence-corrected chi connectivity index (χ3v) is 8.36. The molecule has 1 aliphatic heterocycles. The van der Waals surface area contributed by atoms with Crippen molar-refractivity contribution in [3.8, 4) is 11.3 Å². The molecule has 1 aromatic heterocycles. The first-order chi connectivity index (χ1) is 18.8. The van der Waals surface area contributed by atoms with Crippen molar-refractivity contribution >= 4 is 38.6 Å². The molecule has 12 heteroatoms. The number of nitrogens with two attached hydrogens (primary N) is 1. The van der Waals surface area contributed by atoms with E-state index < -0.39 is 46.0 Å². The van der Waals surface area contributed by atoms with Gasteiger partial charge in [0, 0.05) is 29.6 Å². The number of nitrogens with one attached hydrogen (secondary N) is 1. The quantitative estimate of drug-likeness (QED) is 0.387. The average molecular weight is 576 g/mol. The molecule has 3 aromatic rings. The third kappa shape index (κ3) is 5.84. The Kier molecular flexibility index (Phi) is 8.52. The lowest BCUT2D eigenvalue weighted by Crippen LogP contribution is -2.42. The molecule has 4 unspecified atom stereocenters. The van der Waals surface area contributed by atoms with Gasteiger partial charge in [-0.1, -0.05) is 20.3 Å². The maximum atomic E-state index is 13.6. The molecule has 216 valence electrons. The van der Waals surface area contributed by atoms with E-state index in [4.69, 9.17) is 19.6 Å². The first-order valence-corrected chi connectivity index (χ1v) is 14.8. The van der Waals surface area contributed by atoms with Gasteiger partial charge in [-0.3, -0.25) is 13.9 Å². The van der Waals surface area contributed by atoms with Crippen LogP contribution in [0, 0.1) is 11.7 Å². The standard InChI is InChI=1S/C28H34FN3O7S/c1-6-15(2)25(30)28(34)37-14-19-13-32(40(5,35)36)22-12-23-21(11-20(22)16(3)38-19)24(27(33)31-4)26(39-23)17-7-9-18(29)10-8-17/h7-12,15-16,19,25H,6,13-14,30H2,1-5H3,(H,31,33). The van der Waals surface area contributed by atoms with Gasteiger partial charge < -0.3 is 24.9 Å². The molecule has 0 fully saturated rings. The topological polar surface area (TPSA) is 141 Å². The van der Waals surface area contributed by atoms with E-state index in [1.165, 1.54) is 35.6 Å². The van der Waals surface area contributed by atoms with E-state index in [-0.39, 0.29) is 36.0 Å². The van der Waals surface area contributed by atoms with Crippen LogP contribution in [-0.4, -0.2) is 58.9 Å². The molecular formula is C28H34FN3O7S. The number of hydrogen-bond acceptors (Lipinski definition) is 8. The van der Waals surface area contributed by atoms with Crippen molar-refractivity contribution in [2.24, 2.45) is 11.7 Å². The number of anilines is 1. The van der Waals surface area contributed by atoms with Crippen LogP contribution in [0.25, 0.3) is 22.3 Å². The fourth-order valence-electron chi connectivity index (χ4n) is 4.70. The molecule has 0 bridgehead atoms. The molecule has 0 radical (unpaired) electrons. The largest absolute Gasteiger partial charge is 0.462 e. The predicted octanol–water partition coefficient (Wildman–Crippen LogP) is 3.74. The summed E-state index contributed by atoms with van der Waals surface area (Å²) in [4.78, 5) is 25.4. The minimum absolute atomic E-state index is 0.0806. The summed E-state index contributed by atoms with van der Waals surface area (Å²) in [7, 11) is -2.33. The van der Waals surface area contributed by atoms with Crippen molar-refractivity contribution in [3.05, 3.63) is 53.3 Å². The minimum Gasteiger partial charge on any atom is -0.462 e. The van der Waals surface area contributed by atoms with Gasteiger partial charge in [0.15, 0.2) is 0 Å². The zero-order valence-electron chi connectivity index (χ0n) is 23.1. The predicted molar refractivity (Wildman–Crippen MR) is 149 cm³/mol. The Morgan fingerprint density at radius 2 is 1.93 bits per heavy atom. The van der Waals surface area contributed by atoms with Gasteiger partial charge in [-0.15, -0.1) is 0 Å². The molecule has 2 heterocycles. The molecule has 40 heavy (non-hydrogen) atoms. The SMILES string of the molecule is CCC(C)C(N)C(=O)OCC1CN(S(C)(=O)=O)c2cc3oc(-c4ccc(F)cc4)c(C(=O)NC)c3cc2C(C)O1. The Balaban J connectivity index is 1.77. The van der Waals surface area contributed by atoms with E-state index >= 15 is 0 Å². The van der Waals surface area contributed by atoms with Crippen molar-refractivity contribution in [2.75, 3.05) is 30.8 Å². The van der Waals surface area contributed by atoms with Gasteiger partial charge in [0.2, 0.25) is 10.0 Å². The summed E-state index contributed by atoms with van der Waals surface area (Å²) >= 11 is 0. The van der Waals surface area contributed by atoms with E-state index in [0.717, 1.165) is 6.26 Å². The molecule has 4 atom stereocenters. The summed E-state index contributed by atoms with van der Waals surface area (Å²) < 4.78 is 58.3. The zero-order valence-corrected chi connectivity index (χ0v) is 23.9. The molecule has 0 saturated heterocycles. The van der Waals surface area contributed by atoms with Crippen LogP contribution in [0.5, 0.6) is 0 Å². The normalized spacial score (nSPS) is 19.0. The van der Waals surface area contributed by atoms with E-state index in [0.29, 0.717) is 28.6 Å². The Morgan fingerprint density at radius 1 is 1.25 bits per heavy atom. The maximum absolute atomic E-state index is 13.6. The van der Waals surface area contributed by atoms with Crippen LogP contribution in [0.15, 0.2) is 40.8 Å². The lowest BCUT2D eigenvalue weighted by Gasteiger charge is -2.25. The van der Waals surface area contributed by atoms with Gasteiger partial charge in [-0.05, 0) is 43.2 Å². The second kappa shape index (κ2) is 11.6. The third-order valence-electron chi connectivity index (χ3n) is 7.21. The highest BCUT2D eigenvalue weighted by Gasteiger charge is 2.35. The number of benzene rings is 2. The fraction of sp³-hybridized carbons (Fsp3) is 0.429. The Bertz CT molecular complexity index is 1520. The molecule has 0 spiro atoms. The van der Waals surface area contributed by atoms with Gasteiger partial charge in [0.25, 0.3) is 5.91 Å². The number of halogens is 1. The summed E-state index contributed by atoms with van der Waals surface area (Å²) in [5.41, 5.74) is 7.77.